The molecule has 1 fully saturated rings. The molecule has 2 aromatic rings. The summed E-state index contributed by atoms with van der Waals surface area (Å²) in [4.78, 5) is 23.9. The highest BCUT2D eigenvalue weighted by atomic mass is 19.4. The van der Waals surface area contributed by atoms with Gasteiger partial charge in [0.25, 0.3) is 0 Å². The van der Waals surface area contributed by atoms with Crippen LogP contribution in [0.1, 0.15) is 63.1 Å². The third-order valence-corrected chi connectivity index (χ3v) is 6.22. The van der Waals surface area contributed by atoms with Gasteiger partial charge >= 0.3 is 12.1 Å². The van der Waals surface area contributed by atoms with Crippen molar-refractivity contribution in [1.29, 1.82) is 0 Å². The third-order valence-electron chi connectivity index (χ3n) is 6.22. The monoisotopic (exact) mass is 509 g/mol. The topological polar surface area (TPSA) is 104 Å². The largest absolute Gasteiger partial charge is 0.481 e. The molecule has 0 aliphatic heterocycles. The molecule has 0 heterocycles. The number of benzene rings is 2. The van der Waals surface area contributed by atoms with Crippen LogP contribution in [0.5, 0.6) is 0 Å². The highest BCUT2D eigenvalue weighted by Crippen LogP contribution is 2.36. The summed E-state index contributed by atoms with van der Waals surface area (Å²) < 4.78 is 56.6. The van der Waals surface area contributed by atoms with Crippen LogP contribution in [-0.2, 0) is 9.59 Å². The molecular formula is C26H31F4N3O3. The highest BCUT2D eigenvalue weighted by molar-refractivity contribution is 5.83. The van der Waals surface area contributed by atoms with Crippen LogP contribution in [0.4, 0.5) is 17.6 Å². The second kappa shape index (κ2) is 10.2. The van der Waals surface area contributed by atoms with Crippen LogP contribution in [0.2, 0.25) is 0 Å². The van der Waals surface area contributed by atoms with Crippen LogP contribution in [0.3, 0.4) is 0 Å². The maximum Gasteiger partial charge on any atom is 0.407 e. The average Bonchev–Trinajstić information content (AvgIpc) is 3.51. The lowest BCUT2D eigenvalue weighted by Gasteiger charge is -2.30. The lowest BCUT2D eigenvalue weighted by atomic mass is 9.95. The maximum absolute atomic E-state index is 14.4. The number of carbonyl (C=O) groups excluding carboxylic acids is 1. The molecule has 1 aliphatic rings. The van der Waals surface area contributed by atoms with Crippen molar-refractivity contribution in [1.82, 2.24) is 10.6 Å². The first-order valence-electron chi connectivity index (χ1n) is 11.6. The number of hydrogen-bond donors (Lipinski definition) is 4. The van der Waals surface area contributed by atoms with E-state index in [4.69, 9.17) is 10.8 Å². The zero-order valence-electron chi connectivity index (χ0n) is 20.3. The molecule has 6 nitrogen and oxygen atoms in total. The Labute approximate surface area is 207 Å². The molecule has 2 aromatic carbocycles. The predicted octanol–water partition coefficient (Wildman–Crippen LogP) is 4.81. The summed E-state index contributed by atoms with van der Waals surface area (Å²) in [5, 5.41) is 14.0. The SMILES string of the molecule is CC(C(=O)O)c1ccc(-c2ccc([C@H](N[C@@H](CC(C)(C)F)C(=O)NC3(N)CC3)C(F)(F)F)cc2)cc1. The van der Waals surface area contributed by atoms with Crippen molar-refractivity contribution < 1.29 is 32.3 Å². The zero-order valence-corrected chi connectivity index (χ0v) is 20.3. The number of carbonyl (C=O) groups is 2. The van der Waals surface area contributed by atoms with Gasteiger partial charge in [-0.2, -0.15) is 13.2 Å². The molecule has 3 atom stereocenters. The van der Waals surface area contributed by atoms with Gasteiger partial charge in [-0.25, -0.2) is 4.39 Å². The van der Waals surface area contributed by atoms with Crippen LogP contribution >= 0.6 is 0 Å². The van der Waals surface area contributed by atoms with E-state index in [0.717, 1.165) is 0 Å². The van der Waals surface area contributed by atoms with Gasteiger partial charge in [0.1, 0.15) is 11.7 Å². The molecule has 0 saturated heterocycles. The summed E-state index contributed by atoms with van der Waals surface area (Å²) in [6.45, 7) is 3.96. The standard InChI is InChI=1S/C26H31F4N3O3/c1-15(23(35)36)16-4-6-17(7-5-16)18-8-10-19(11-9-18)21(26(28,29)30)32-20(14-24(2,3)27)22(34)33-25(31)12-13-25/h4-11,15,20-21,32H,12-14,31H2,1-3H3,(H,33,34)(H,35,36)/t15?,20-,21-/m0/s1. The number of hydrogen-bond acceptors (Lipinski definition) is 4. The summed E-state index contributed by atoms with van der Waals surface area (Å²) in [6, 6.07) is 8.68. The Kier molecular flexibility index (Phi) is 7.80. The highest BCUT2D eigenvalue weighted by Gasteiger charge is 2.46. The van der Waals surface area contributed by atoms with Gasteiger partial charge in [0.15, 0.2) is 0 Å². The van der Waals surface area contributed by atoms with Crippen molar-refractivity contribution in [2.75, 3.05) is 0 Å². The first kappa shape index (κ1) is 27.6. The Hall–Kier alpha value is -2.98. The number of rotatable bonds is 10. The van der Waals surface area contributed by atoms with E-state index in [9.17, 15) is 27.2 Å². The number of carboxylic acids is 1. The van der Waals surface area contributed by atoms with Crippen molar-refractivity contribution in [3.63, 3.8) is 0 Å². The minimum atomic E-state index is -4.75. The van der Waals surface area contributed by atoms with Crippen LogP contribution in [0.25, 0.3) is 11.1 Å². The molecule has 10 heteroatoms. The lowest BCUT2D eigenvalue weighted by Crippen LogP contribution is -2.55. The zero-order chi connectivity index (χ0) is 26.9. The second-order valence-corrected chi connectivity index (χ2v) is 10.1. The summed E-state index contributed by atoms with van der Waals surface area (Å²) in [7, 11) is 0. The van der Waals surface area contributed by atoms with Gasteiger partial charge in [0, 0.05) is 6.42 Å². The summed E-state index contributed by atoms with van der Waals surface area (Å²) in [6.07, 6.45) is -4.22. The van der Waals surface area contributed by atoms with E-state index in [-0.39, 0.29) is 5.56 Å². The summed E-state index contributed by atoms with van der Waals surface area (Å²) in [5.41, 5.74) is 4.84. The Morgan fingerprint density at radius 1 is 0.972 bits per heavy atom. The summed E-state index contributed by atoms with van der Waals surface area (Å²) in [5.74, 6) is -2.42. The van der Waals surface area contributed by atoms with Crippen molar-refractivity contribution in [3.05, 3.63) is 59.7 Å². The van der Waals surface area contributed by atoms with Crippen molar-refractivity contribution in [2.24, 2.45) is 5.73 Å². The molecule has 3 rings (SSSR count). The van der Waals surface area contributed by atoms with Crippen molar-refractivity contribution in [3.8, 4) is 11.1 Å². The van der Waals surface area contributed by atoms with Gasteiger partial charge in [-0.15, -0.1) is 0 Å². The Bertz CT molecular complexity index is 1080. The molecule has 1 aliphatic carbocycles. The van der Waals surface area contributed by atoms with Crippen molar-refractivity contribution in [2.45, 2.75) is 75.5 Å². The smallest absolute Gasteiger partial charge is 0.407 e. The molecule has 5 N–H and O–H groups in total. The number of halogens is 4. The average molecular weight is 510 g/mol. The number of amides is 1. The Morgan fingerprint density at radius 2 is 1.44 bits per heavy atom. The van der Waals surface area contributed by atoms with Gasteiger partial charge in [0.05, 0.1) is 17.6 Å². The normalized spacial score (nSPS) is 17.7. The lowest BCUT2D eigenvalue weighted by molar-refractivity contribution is -0.161. The summed E-state index contributed by atoms with van der Waals surface area (Å²) >= 11 is 0. The molecule has 0 radical (unpaired) electrons. The van der Waals surface area contributed by atoms with E-state index in [0.29, 0.717) is 29.5 Å². The number of carboxylic acid groups (broad SMARTS) is 1. The van der Waals surface area contributed by atoms with Gasteiger partial charge in [-0.3, -0.25) is 14.9 Å². The molecule has 0 spiro atoms. The van der Waals surface area contributed by atoms with E-state index in [1.807, 2.05) is 0 Å². The molecule has 36 heavy (non-hydrogen) atoms. The molecule has 1 saturated carbocycles. The molecule has 1 amide bonds. The number of alkyl halides is 4. The third kappa shape index (κ3) is 7.27. The molecule has 0 bridgehead atoms. The van der Waals surface area contributed by atoms with Crippen LogP contribution in [0.15, 0.2) is 48.5 Å². The van der Waals surface area contributed by atoms with Crippen molar-refractivity contribution >= 4 is 11.9 Å². The fraction of sp³-hybridized carbons (Fsp3) is 0.462. The molecular weight excluding hydrogens is 478 g/mol. The quantitative estimate of drug-likeness (QED) is 0.272. The van der Waals surface area contributed by atoms with E-state index < -0.39 is 53.8 Å². The fourth-order valence-electron chi connectivity index (χ4n) is 3.86. The first-order valence-corrected chi connectivity index (χ1v) is 11.6. The molecule has 196 valence electrons. The van der Waals surface area contributed by atoms with E-state index in [2.05, 4.69) is 10.6 Å². The Balaban J connectivity index is 1.83. The van der Waals surface area contributed by atoms with Gasteiger partial charge in [-0.1, -0.05) is 48.5 Å². The van der Waals surface area contributed by atoms with Crippen LogP contribution < -0.4 is 16.4 Å². The van der Waals surface area contributed by atoms with Gasteiger partial charge < -0.3 is 16.2 Å². The first-order chi connectivity index (χ1) is 16.6. The Morgan fingerprint density at radius 3 is 1.83 bits per heavy atom. The van der Waals surface area contributed by atoms with Gasteiger partial charge in [0.2, 0.25) is 5.91 Å². The van der Waals surface area contributed by atoms with Crippen LogP contribution in [0, 0.1) is 0 Å². The molecule has 0 aromatic heterocycles. The second-order valence-electron chi connectivity index (χ2n) is 10.1. The minimum Gasteiger partial charge on any atom is -0.481 e. The number of aliphatic carboxylic acids is 1. The van der Waals surface area contributed by atoms with E-state index >= 15 is 0 Å². The molecule has 1 unspecified atom stereocenters. The van der Waals surface area contributed by atoms with E-state index in [1.54, 1.807) is 31.2 Å². The maximum atomic E-state index is 14.4. The number of nitrogens with one attached hydrogen (secondary N) is 2. The van der Waals surface area contributed by atoms with Crippen LogP contribution in [-0.4, -0.2) is 40.5 Å². The predicted molar refractivity (Wildman–Crippen MR) is 128 cm³/mol. The van der Waals surface area contributed by atoms with Gasteiger partial charge in [-0.05, 0) is 55.9 Å². The minimum absolute atomic E-state index is 0.134. The fourth-order valence-corrected chi connectivity index (χ4v) is 3.86. The van der Waals surface area contributed by atoms with E-state index in [1.165, 1.54) is 38.1 Å². The number of nitrogens with two attached hydrogens (primary N) is 1.